The molecule has 3 aromatic rings. The van der Waals surface area contributed by atoms with Crippen LogP contribution >= 0.6 is 7.60 Å². The van der Waals surface area contributed by atoms with E-state index in [9.17, 15) is 9.36 Å². The Balaban J connectivity index is 1.92. The minimum Gasteiger partial charge on any atom is -0.382 e. The zero-order chi connectivity index (χ0) is 20.7. The molecular formula is C21H24NO6P. The number of H-pyrrole nitrogens is 1. The van der Waals surface area contributed by atoms with Crippen molar-refractivity contribution in [3.05, 3.63) is 65.0 Å². The van der Waals surface area contributed by atoms with Gasteiger partial charge in [0.25, 0.3) is 5.56 Å². The lowest BCUT2D eigenvalue weighted by molar-refractivity contribution is 0.111. The van der Waals surface area contributed by atoms with E-state index < -0.39 is 13.2 Å². The maximum atomic E-state index is 13.2. The van der Waals surface area contributed by atoms with Crippen LogP contribution in [0.5, 0.6) is 0 Å². The maximum absolute atomic E-state index is 13.2. The summed E-state index contributed by atoms with van der Waals surface area (Å²) in [4.78, 5) is 15.5. The second kappa shape index (κ2) is 9.96. The van der Waals surface area contributed by atoms with Gasteiger partial charge in [-0.3, -0.25) is 9.36 Å². The van der Waals surface area contributed by atoms with Gasteiger partial charge in [-0.2, -0.15) is 0 Å². The quantitative estimate of drug-likeness (QED) is 0.402. The Morgan fingerprint density at radius 2 is 1.48 bits per heavy atom. The number of benzene rings is 2. The lowest BCUT2D eigenvalue weighted by atomic mass is 10.0. The third-order valence-electron chi connectivity index (χ3n) is 4.34. The van der Waals surface area contributed by atoms with Crippen molar-refractivity contribution < 1.29 is 23.1 Å². The minimum atomic E-state index is -3.82. The molecule has 0 spiro atoms. The summed E-state index contributed by atoms with van der Waals surface area (Å²) in [6, 6.07) is 17.1. The van der Waals surface area contributed by atoms with Crippen molar-refractivity contribution in [2.24, 2.45) is 0 Å². The van der Waals surface area contributed by atoms with Crippen LogP contribution < -0.4 is 10.9 Å². The second-order valence-electron chi connectivity index (χ2n) is 6.30. The average Bonchev–Trinajstić information content (AvgIpc) is 2.73. The predicted molar refractivity (Wildman–Crippen MR) is 113 cm³/mol. The first-order valence-electron chi connectivity index (χ1n) is 9.17. The summed E-state index contributed by atoms with van der Waals surface area (Å²) in [7, 11) is -0.813. The van der Waals surface area contributed by atoms with Crippen molar-refractivity contribution in [1.29, 1.82) is 0 Å². The number of ether oxygens (including phenoxy) is 2. The number of aromatic nitrogens is 1. The monoisotopic (exact) mass is 417 g/mol. The van der Waals surface area contributed by atoms with Gasteiger partial charge < -0.3 is 23.5 Å². The van der Waals surface area contributed by atoms with Crippen molar-refractivity contribution in [1.82, 2.24) is 4.98 Å². The lowest BCUT2D eigenvalue weighted by Crippen LogP contribution is -2.30. The minimum absolute atomic E-state index is 0.0344. The first kappa shape index (κ1) is 21.4. The number of aromatic amines is 1. The molecule has 1 aromatic heterocycles. The molecule has 0 fully saturated rings. The maximum Gasteiger partial charge on any atom is 0.367 e. The van der Waals surface area contributed by atoms with E-state index in [4.69, 9.17) is 18.5 Å². The Morgan fingerprint density at radius 1 is 0.828 bits per heavy atom. The highest BCUT2D eigenvalue weighted by atomic mass is 31.2. The normalized spacial score (nSPS) is 11.8. The van der Waals surface area contributed by atoms with E-state index in [-0.39, 0.29) is 31.7 Å². The van der Waals surface area contributed by atoms with Crippen molar-refractivity contribution in [3.8, 4) is 11.3 Å². The molecule has 0 aliphatic carbocycles. The molecule has 0 saturated heterocycles. The smallest absolute Gasteiger partial charge is 0.367 e. The molecule has 154 valence electrons. The Kier molecular flexibility index (Phi) is 7.36. The number of nitrogens with one attached hydrogen (secondary N) is 1. The Hall–Kier alpha value is -2.28. The van der Waals surface area contributed by atoms with Gasteiger partial charge >= 0.3 is 7.60 Å². The Bertz CT molecular complexity index is 1050. The van der Waals surface area contributed by atoms with Gasteiger partial charge in [0.15, 0.2) is 0 Å². The van der Waals surface area contributed by atoms with Crippen molar-refractivity contribution >= 4 is 23.7 Å². The summed E-state index contributed by atoms with van der Waals surface area (Å²) in [5.41, 5.74) is 0.946. The zero-order valence-corrected chi connectivity index (χ0v) is 17.3. The fraction of sp³-hybridized carbons (Fsp3) is 0.286. The molecule has 0 bridgehead atoms. The molecule has 1 heterocycles. The fourth-order valence-corrected chi connectivity index (χ4v) is 4.41. The molecule has 7 nitrogen and oxygen atoms in total. The predicted octanol–water partition coefficient (Wildman–Crippen LogP) is 3.34. The van der Waals surface area contributed by atoms with Crippen LogP contribution in [-0.4, -0.2) is 45.6 Å². The summed E-state index contributed by atoms with van der Waals surface area (Å²) in [5, 5.41) is 2.12. The highest BCUT2D eigenvalue weighted by Gasteiger charge is 2.31. The summed E-state index contributed by atoms with van der Waals surface area (Å²) < 4.78 is 33.9. The van der Waals surface area contributed by atoms with Crippen molar-refractivity contribution in [2.45, 2.75) is 0 Å². The van der Waals surface area contributed by atoms with E-state index in [1.807, 2.05) is 42.5 Å². The van der Waals surface area contributed by atoms with Crippen LogP contribution in [0.3, 0.4) is 0 Å². The van der Waals surface area contributed by atoms with Gasteiger partial charge in [-0.05, 0) is 34.5 Å². The van der Waals surface area contributed by atoms with Crippen LogP contribution in [0, 0.1) is 0 Å². The number of pyridine rings is 1. The second-order valence-corrected chi connectivity index (χ2v) is 8.29. The average molecular weight is 417 g/mol. The van der Waals surface area contributed by atoms with Gasteiger partial charge in [0, 0.05) is 19.9 Å². The molecule has 0 atom stereocenters. The molecule has 8 heteroatoms. The summed E-state index contributed by atoms with van der Waals surface area (Å²) in [5.74, 6) is 0. The molecule has 3 rings (SSSR count). The largest absolute Gasteiger partial charge is 0.382 e. The first-order chi connectivity index (χ1) is 14.1. The van der Waals surface area contributed by atoms with Gasteiger partial charge in [-0.25, -0.2) is 0 Å². The van der Waals surface area contributed by atoms with E-state index >= 15 is 0 Å². The highest BCUT2D eigenvalue weighted by molar-refractivity contribution is 7.62. The van der Waals surface area contributed by atoms with Gasteiger partial charge in [0.1, 0.15) is 5.30 Å². The van der Waals surface area contributed by atoms with Crippen molar-refractivity contribution in [2.75, 3.05) is 40.6 Å². The highest BCUT2D eigenvalue weighted by Crippen LogP contribution is 2.45. The number of rotatable bonds is 10. The van der Waals surface area contributed by atoms with Crippen LogP contribution in [-0.2, 0) is 23.1 Å². The molecular weight excluding hydrogens is 393 g/mol. The van der Waals surface area contributed by atoms with Gasteiger partial charge in [0.05, 0.1) is 26.4 Å². The first-order valence-corrected chi connectivity index (χ1v) is 10.7. The molecule has 2 aromatic carbocycles. The van der Waals surface area contributed by atoms with E-state index in [2.05, 4.69) is 4.98 Å². The molecule has 0 unspecified atom stereocenters. The zero-order valence-electron chi connectivity index (χ0n) is 16.4. The van der Waals surface area contributed by atoms with Crippen LogP contribution in [0.15, 0.2) is 59.4 Å². The van der Waals surface area contributed by atoms with Crippen LogP contribution in [0.2, 0.25) is 0 Å². The SMILES string of the molecule is COCCOP(=O)(OCCOC)c1ccc(-c2ccc3ccccc3c2)[nH]c1=O. The van der Waals surface area contributed by atoms with Gasteiger partial charge in [-0.1, -0.05) is 36.4 Å². The molecule has 0 radical (unpaired) electrons. The van der Waals surface area contributed by atoms with Crippen LogP contribution in [0.4, 0.5) is 0 Å². The molecule has 0 saturated carbocycles. The Morgan fingerprint density at radius 3 is 2.10 bits per heavy atom. The molecule has 0 aliphatic heterocycles. The standard InChI is InChI=1S/C21H24NO6P/c1-25-11-13-27-29(24,28-14-12-26-2)20-10-9-19(22-21(20)23)18-8-7-16-5-3-4-6-17(16)15-18/h3-10,15H,11-14H2,1-2H3,(H,22,23). The fourth-order valence-electron chi connectivity index (χ4n) is 2.86. The summed E-state index contributed by atoms with van der Waals surface area (Å²) in [6.07, 6.45) is 0. The number of methoxy groups -OCH3 is 2. The topological polar surface area (TPSA) is 86.8 Å². The van der Waals surface area contributed by atoms with E-state index in [1.165, 1.54) is 20.3 Å². The number of hydrogen-bond acceptors (Lipinski definition) is 6. The van der Waals surface area contributed by atoms with Crippen LogP contribution in [0.25, 0.3) is 22.0 Å². The molecule has 0 aliphatic rings. The molecule has 29 heavy (non-hydrogen) atoms. The third-order valence-corrected chi connectivity index (χ3v) is 6.33. The van der Waals surface area contributed by atoms with E-state index in [1.54, 1.807) is 6.07 Å². The number of fused-ring (bicyclic) bond motifs is 1. The van der Waals surface area contributed by atoms with E-state index in [0.717, 1.165) is 16.3 Å². The number of hydrogen-bond donors (Lipinski definition) is 1. The lowest BCUT2D eigenvalue weighted by Gasteiger charge is -2.18. The molecule has 0 amide bonds. The van der Waals surface area contributed by atoms with E-state index in [0.29, 0.717) is 5.69 Å². The summed E-state index contributed by atoms with van der Waals surface area (Å²) in [6.45, 7) is 0.522. The van der Waals surface area contributed by atoms with Gasteiger partial charge in [0.2, 0.25) is 0 Å². The van der Waals surface area contributed by atoms with Gasteiger partial charge in [-0.15, -0.1) is 0 Å². The third kappa shape index (κ3) is 5.21. The Labute approximate surface area is 169 Å². The van der Waals surface area contributed by atoms with Crippen molar-refractivity contribution in [3.63, 3.8) is 0 Å². The van der Waals surface area contributed by atoms with Crippen LogP contribution in [0.1, 0.15) is 0 Å². The molecule has 1 N–H and O–H groups in total. The summed E-state index contributed by atoms with van der Waals surface area (Å²) >= 11 is 0.